The van der Waals surface area contributed by atoms with E-state index in [-0.39, 0.29) is 17.9 Å². The number of aromatic nitrogens is 2. The Balaban J connectivity index is 1.77. The van der Waals surface area contributed by atoms with Crippen LogP contribution < -0.4 is 10.1 Å². The summed E-state index contributed by atoms with van der Waals surface area (Å²) in [7, 11) is 0. The number of piperazine rings is 1. The normalized spacial score (nSPS) is 14.1. The Labute approximate surface area is 170 Å². The van der Waals surface area contributed by atoms with Crippen LogP contribution in [0, 0.1) is 6.92 Å². The van der Waals surface area contributed by atoms with E-state index < -0.39 is 0 Å². The number of rotatable bonds is 5. The van der Waals surface area contributed by atoms with Crippen molar-refractivity contribution in [2.75, 3.05) is 31.5 Å². The van der Waals surface area contributed by atoms with Gasteiger partial charge in [-0.25, -0.2) is 9.97 Å². The zero-order chi connectivity index (χ0) is 21.0. The quantitative estimate of drug-likeness (QED) is 0.835. The van der Waals surface area contributed by atoms with Crippen LogP contribution in [0.5, 0.6) is 5.75 Å². The van der Waals surface area contributed by atoms with Crippen molar-refractivity contribution in [2.24, 2.45) is 0 Å². The number of aryl methyl sites for hydroxylation is 1. The maximum Gasteiger partial charge on any atom is 0.272 e. The molecule has 8 nitrogen and oxygen atoms in total. The van der Waals surface area contributed by atoms with Crippen molar-refractivity contribution in [2.45, 2.75) is 33.8 Å². The fraction of sp³-hybridized carbons (Fsp3) is 0.429. The zero-order valence-electron chi connectivity index (χ0n) is 17.3. The topological polar surface area (TPSA) is 87.7 Å². The minimum Gasteiger partial charge on any atom is -0.489 e. The number of para-hydroxylation sites is 2. The number of ether oxygens (including phenoxy) is 1. The number of hydrogen-bond acceptors (Lipinski definition) is 6. The molecule has 1 aromatic heterocycles. The Morgan fingerprint density at radius 3 is 2.38 bits per heavy atom. The van der Waals surface area contributed by atoms with Gasteiger partial charge in [-0.2, -0.15) is 0 Å². The first kappa shape index (κ1) is 20.6. The molecule has 8 heteroatoms. The molecule has 0 radical (unpaired) electrons. The van der Waals surface area contributed by atoms with Crippen LogP contribution in [0.2, 0.25) is 0 Å². The maximum atomic E-state index is 12.9. The molecular weight excluding hydrogens is 370 g/mol. The lowest BCUT2D eigenvalue weighted by Gasteiger charge is -2.34. The molecule has 0 bridgehead atoms. The van der Waals surface area contributed by atoms with Crippen LogP contribution in [0.1, 0.15) is 37.0 Å². The van der Waals surface area contributed by atoms with Crippen molar-refractivity contribution in [3.8, 4) is 5.75 Å². The summed E-state index contributed by atoms with van der Waals surface area (Å²) in [5.41, 5.74) is 1.76. The summed E-state index contributed by atoms with van der Waals surface area (Å²) in [6.45, 7) is 9.36. The summed E-state index contributed by atoms with van der Waals surface area (Å²) in [4.78, 5) is 36.7. The molecule has 2 heterocycles. The number of carbonyl (C=O) groups excluding carboxylic acids is 2. The molecule has 1 saturated heterocycles. The molecule has 0 aliphatic carbocycles. The van der Waals surface area contributed by atoms with Crippen LogP contribution in [0.4, 0.5) is 11.6 Å². The van der Waals surface area contributed by atoms with Crippen molar-refractivity contribution < 1.29 is 14.3 Å². The van der Waals surface area contributed by atoms with Gasteiger partial charge in [-0.1, -0.05) is 12.1 Å². The molecule has 0 saturated carbocycles. The Morgan fingerprint density at radius 2 is 1.72 bits per heavy atom. The maximum absolute atomic E-state index is 12.9. The van der Waals surface area contributed by atoms with Crippen LogP contribution in [-0.4, -0.2) is 63.9 Å². The van der Waals surface area contributed by atoms with E-state index in [4.69, 9.17) is 4.74 Å². The van der Waals surface area contributed by atoms with E-state index in [1.54, 1.807) is 22.8 Å². The van der Waals surface area contributed by atoms with Gasteiger partial charge >= 0.3 is 0 Å². The summed E-state index contributed by atoms with van der Waals surface area (Å²) in [6, 6.07) is 9.23. The molecule has 1 aliphatic rings. The largest absolute Gasteiger partial charge is 0.489 e. The number of nitrogens with zero attached hydrogens (tertiary/aromatic N) is 4. The molecule has 2 aromatic rings. The molecule has 1 N–H and O–H groups in total. The Morgan fingerprint density at radius 1 is 1.07 bits per heavy atom. The number of amides is 2. The molecule has 154 valence electrons. The first-order valence-electron chi connectivity index (χ1n) is 9.76. The van der Waals surface area contributed by atoms with Gasteiger partial charge in [0.2, 0.25) is 11.9 Å². The molecule has 1 aliphatic heterocycles. The van der Waals surface area contributed by atoms with Crippen LogP contribution in [0.25, 0.3) is 0 Å². The second-order valence-electron chi connectivity index (χ2n) is 7.30. The van der Waals surface area contributed by atoms with Gasteiger partial charge in [-0.15, -0.1) is 0 Å². The van der Waals surface area contributed by atoms with Crippen LogP contribution in [0.15, 0.2) is 30.3 Å². The fourth-order valence-electron chi connectivity index (χ4n) is 3.17. The smallest absolute Gasteiger partial charge is 0.272 e. The van der Waals surface area contributed by atoms with Crippen molar-refractivity contribution in [3.05, 3.63) is 41.7 Å². The van der Waals surface area contributed by atoms with Crippen molar-refractivity contribution in [1.29, 1.82) is 0 Å². The first-order chi connectivity index (χ1) is 13.8. The molecule has 1 fully saturated rings. The summed E-state index contributed by atoms with van der Waals surface area (Å²) >= 11 is 0. The third kappa shape index (κ3) is 5.22. The lowest BCUT2D eigenvalue weighted by Crippen LogP contribution is -2.50. The molecule has 0 atom stereocenters. The standard InChI is InChI=1S/C21H27N5O3/c1-14(2)29-19-8-6-5-7-17(19)23-21-22-15(3)13-18(24-21)20(28)26-11-9-25(10-12-26)16(4)27/h5-8,13-14H,9-12H2,1-4H3,(H,22,23,24). The summed E-state index contributed by atoms with van der Waals surface area (Å²) in [5.74, 6) is 0.911. The third-order valence-corrected chi connectivity index (χ3v) is 4.58. The van der Waals surface area contributed by atoms with E-state index in [9.17, 15) is 9.59 Å². The number of hydrogen-bond donors (Lipinski definition) is 1. The highest BCUT2D eigenvalue weighted by molar-refractivity contribution is 5.93. The number of nitrogens with one attached hydrogen (secondary N) is 1. The molecule has 1 aromatic carbocycles. The lowest BCUT2D eigenvalue weighted by molar-refractivity contribution is -0.130. The van der Waals surface area contributed by atoms with E-state index in [0.717, 1.165) is 5.69 Å². The van der Waals surface area contributed by atoms with E-state index in [1.165, 1.54) is 0 Å². The first-order valence-corrected chi connectivity index (χ1v) is 9.76. The summed E-state index contributed by atoms with van der Waals surface area (Å²) in [5, 5.41) is 3.17. The van der Waals surface area contributed by atoms with Gasteiger partial charge in [0.1, 0.15) is 11.4 Å². The molecule has 29 heavy (non-hydrogen) atoms. The second-order valence-corrected chi connectivity index (χ2v) is 7.30. The van der Waals surface area contributed by atoms with Crippen LogP contribution in [-0.2, 0) is 4.79 Å². The highest BCUT2D eigenvalue weighted by Gasteiger charge is 2.24. The van der Waals surface area contributed by atoms with E-state index in [1.807, 2.05) is 45.0 Å². The van der Waals surface area contributed by atoms with Crippen LogP contribution >= 0.6 is 0 Å². The predicted octanol–water partition coefficient (Wildman–Crippen LogP) is 2.62. The Kier molecular flexibility index (Phi) is 6.31. The molecule has 0 unspecified atom stereocenters. The average molecular weight is 397 g/mol. The van der Waals surface area contributed by atoms with Gasteiger partial charge in [0.15, 0.2) is 0 Å². The van der Waals surface area contributed by atoms with E-state index in [0.29, 0.717) is 49.3 Å². The van der Waals surface area contributed by atoms with Gasteiger partial charge < -0.3 is 19.9 Å². The Bertz CT molecular complexity index is 892. The van der Waals surface area contributed by atoms with E-state index >= 15 is 0 Å². The van der Waals surface area contributed by atoms with E-state index in [2.05, 4.69) is 15.3 Å². The zero-order valence-corrected chi connectivity index (χ0v) is 17.3. The van der Waals surface area contributed by atoms with Gasteiger partial charge in [-0.05, 0) is 39.0 Å². The molecule has 0 spiro atoms. The third-order valence-electron chi connectivity index (χ3n) is 4.58. The van der Waals surface area contributed by atoms with Gasteiger partial charge in [0.25, 0.3) is 5.91 Å². The SMILES string of the molecule is CC(=O)N1CCN(C(=O)c2cc(C)nc(Nc3ccccc3OC(C)C)n2)CC1. The fourth-order valence-corrected chi connectivity index (χ4v) is 3.17. The second kappa shape index (κ2) is 8.89. The molecular formula is C21H27N5O3. The minimum atomic E-state index is -0.159. The predicted molar refractivity (Wildman–Crippen MR) is 110 cm³/mol. The lowest BCUT2D eigenvalue weighted by atomic mass is 10.2. The van der Waals surface area contributed by atoms with Gasteiger partial charge in [-0.3, -0.25) is 9.59 Å². The Hall–Kier alpha value is -3.16. The summed E-state index contributed by atoms with van der Waals surface area (Å²) in [6.07, 6.45) is 0.0298. The highest BCUT2D eigenvalue weighted by atomic mass is 16.5. The highest BCUT2D eigenvalue weighted by Crippen LogP contribution is 2.27. The van der Waals surface area contributed by atoms with Gasteiger partial charge in [0.05, 0.1) is 11.8 Å². The van der Waals surface area contributed by atoms with Gasteiger partial charge in [0, 0.05) is 38.8 Å². The number of carbonyl (C=O) groups is 2. The van der Waals surface area contributed by atoms with Crippen molar-refractivity contribution in [1.82, 2.24) is 19.8 Å². The number of anilines is 2. The van der Waals surface area contributed by atoms with Crippen LogP contribution in [0.3, 0.4) is 0 Å². The minimum absolute atomic E-state index is 0.0298. The average Bonchev–Trinajstić information content (AvgIpc) is 2.68. The molecule has 2 amide bonds. The monoisotopic (exact) mass is 397 g/mol. The summed E-state index contributed by atoms with van der Waals surface area (Å²) < 4.78 is 5.82. The molecule has 3 rings (SSSR count). The van der Waals surface area contributed by atoms with Crippen molar-refractivity contribution >= 4 is 23.5 Å². The van der Waals surface area contributed by atoms with Crippen molar-refractivity contribution in [3.63, 3.8) is 0 Å². The number of benzene rings is 1.